The van der Waals surface area contributed by atoms with Crippen molar-refractivity contribution in [3.05, 3.63) is 34.1 Å². The molecule has 0 amide bonds. The van der Waals surface area contributed by atoms with Crippen LogP contribution in [0.4, 0.5) is 4.39 Å². The van der Waals surface area contributed by atoms with Crippen LogP contribution in [0.1, 0.15) is 19.4 Å². The van der Waals surface area contributed by atoms with Crippen LogP contribution < -0.4 is 11.3 Å². The lowest BCUT2D eigenvalue weighted by atomic mass is 10.1. The predicted molar refractivity (Wildman–Crippen MR) is 70.0 cm³/mol. The van der Waals surface area contributed by atoms with Crippen molar-refractivity contribution < 1.29 is 9.13 Å². The summed E-state index contributed by atoms with van der Waals surface area (Å²) < 4.78 is 19.9. The molecule has 1 aromatic rings. The second-order valence-corrected chi connectivity index (χ2v) is 5.10. The first kappa shape index (κ1) is 14.6. The molecule has 1 rings (SSSR count). The topological polar surface area (TPSA) is 47.3 Å². The number of ether oxygens (including phenoxy) is 1. The Morgan fingerprint density at radius 3 is 2.76 bits per heavy atom. The SMILES string of the molecule is CC(C)OCC(Cc1cc(Br)ccc1F)NN. The Hall–Kier alpha value is -0.490. The average Bonchev–Trinajstić information content (AvgIpc) is 2.28. The molecule has 0 bridgehead atoms. The molecule has 5 heteroatoms. The summed E-state index contributed by atoms with van der Waals surface area (Å²) in [5, 5.41) is 0. The fraction of sp³-hybridized carbons (Fsp3) is 0.500. The standard InChI is InChI=1S/C12H18BrFN2O/c1-8(2)17-7-11(16-15)6-9-5-10(13)3-4-12(9)14/h3-5,8,11,16H,6-7,15H2,1-2H3. The monoisotopic (exact) mass is 304 g/mol. The number of rotatable bonds is 6. The van der Waals surface area contributed by atoms with E-state index in [2.05, 4.69) is 21.4 Å². The van der Waals surface area contributed by atoms with Gasteiger partial charge in [0.15, 0.2) is 0 Å². The van der Waals surface area contributed by atoms with E-state index < -0.39 is 0 Å². The van der Waals surface area contributed by atoms with Crippen LogP contribution in [0.3, 0.4) is 0 Å². The summed E-state index contributed by atoms with van der Waals surface area (Å²) in [5.74, 6) is 5.21. The van der Waals surface area contributed by atoms with Gasteiger partial charge in [0, 0.05) is 10.5 Å². The quantitative estimate of drug-likeness (QED) is 0.627. The van der Waals surface area contributed by atoms with Gasteiger partial charge in [-0.2, -0.15) is 0 Å². The Labute approximate surface area is 110 Å². The Bertz CT molecular complexity index is 360. The Morgan fingerprint density at radius 2 is 2.18 bits per heavy atom. The molecule has 1 unspecified atom stereocenters. The zero-order valence-electron chi connectivity index (χ0n) is 10.0. The van der Waals surface area contributed by atoms with E-state index in [0.717, 1.165) is 4.47 Å². The minimum absolute atomic E-state index is 0.0961. The summed E-state index contributed by atoms with van der Waals surface area (Å²) in [5.41, 5.74) is 3.27. The maximum absolute atomic E-state index is 13.5. The molecule has 0 spiro atoms. The van der Waals surface area contributed by atoms with Gasteiger partial charge in [0.05, 0.1) is 12.7 Å². The smallest absolute Gasteiger partial charge is 0.126 e. The Morgan fingerprint density at radius 1 is 1.47 bits per heavy atom. The molecular formula is C12H18BrFN2O. The van der Waals surface area contributed by atoms with E-state index in [1.165, 1.54) is 6.07 Å². The van der Waals surface area contributed by atoms with Crippen LogP contribution in [0.15, 0.2) is 22.7 Å². The van der Waals surface area contributed by atoms with E-state index in [1.54, 1.807) is 12.1 Å². The summed E-state index contributed by atoms with van der Waals surface area (Å²) in [6.45, 7) is 4.36. The summed E-state index contributed by atoms with van der Waals surface area (Å²) in [6, 6.07) is 4.78. The van der Waals surface area contributed by atoms with Crippen molar-refractivity contribution in [3.8, 4) is 0 Å². The van der Waals surface area contributed by atoms with Crippen LogP contribution in [0.5, 0.6) is 0 Å². The Balaban J connectivity index is 2.63. The minimum Gasteiger partial charge on any atom is -0.377 e. The molecule has 17 heavy (non-hydrogen) atoms. The molecule has 0 radical (unpaired) electrons. The number of hydrogen-bond donors (Lipinski definition) is 2. The highest BCUT2D eigenvalue weighted by atomic mass is 79.9. The highest BCUT2D eigenvalue weighted by molar-refractivity contribution is 9.10. The molecule has 96 valence electrons. The molecule has 0 aromatic heterocycles. The second-order valence-electron chi connectivity index (χ2n) is 4.19. The van der Waals surface area contributed by atoms with Gasteiger partial charge in [-0.1, -0.05) is 15.9 Å². The maximum atomic E-state index is 13.5. The zero-order valence-corrected chi connectivity index (χ0v) is 11.6. The third-order valence-corrected chi connectivity index (χ3v) is 2.83. The molecule has 3 nitrogen and oxygen atoms in total. The second kappa shape index (κ2) is 7.06. The summed E-state index contributed by atoms with van der Waals surface area (Å²) in [7, 11) is 0. The number of nitrogens with two attached hydrogens (primary N) is 1. The molecule has 0 fully saturated rings. The number of halogens is 2. The molecule has 1 aromatic carbocycles. The highest BCUT2D eigenvalue weighted by Gasteiger charge is 2.12. The Kier molecular flexibility index (Phi) is 6.05. The first-order valence-electron chi connectivity index (χ1n) is 5.54. The minimum atomic E-state index is -0.224. The molecular weight excluding hydrogens is 287 g/mol. The number of hydrazine groups is 1. The van der Waals surface area contributed by atoms with Crippen molar-refractivity contribution >= 4 is 15.9 Å². The van der Waals surface area contributed by atoms with Gasteiger partial charge in [0.25, 0.3) is 0 Å². The van der Waals surface area contributed by atoms with Crippen LogP contribution in [0, 0.1) is 5.82 Å². The fourth-order valence-electron chi connectivity index (χ4n) is 1.44. The van der Waals surface area contributed by atoms with Gasteiger partial charge in [0.1, 0.15) is 5.82 Å². The highest BCUT2D eigenvalue weighted by Crippen LogP contribution is 2.17. The van der Waals surface area contributed by atoms with Crippen LogP contribution in [0.2, 0.25) is 0 Å². The van der Waals surface area contributed by atoms with Gasteiger partial charge >= 0.3 is 0 Å². The van der Waals surface area contributed by atoms with Gasteiger partial charge in [-0.05, 0) is 44.0 Å². The number of benzene rings is 1. The van der Waals surface area contributed by atoms with E-state index in [-0.39, 0.29) is 18.0 Å². The van der Waals surface area contributed by atoms with Crippen LogP contribution in [0.25, 0.3) is 0 Å². The first-order chi connectivity index (χ1) is 8.02. The van der Waals surface area contributed by atoms with Gasteiger partial charge in [0.2, 0.25) is 0 Å². The normalized spacial score (nSPS) is 13.1. The maximum Gasteiger partial charge on any atom is 0.126 e. The van der Waals surface area contributed by atoms with E-state index in [4.69, 9.17) is 10.6 Å². The molecule has 0 heterocycles. The fourth-order valence-corrected chi connectivity index (χ4v) is 1.85. The lowest BCUT2D eigenvalue weighted by Gasteiger charge is -2.18. The summed E-state index contributed by atoms with van der Waals surface area (Å²) >= 11 is 3.32. The van der Waals surface area contributed by atoms with Crippen LogP contribution in [-0.4, -0.2) is 18.8 Å². The van der Waals surface area contributed by atoms with Gasteiger partial charge in [-0.25, -0.2) is 4.39 Å². The van der Waals surface area contributed by atoms with Gasteiger partial charge in [-0.15, -0.1) is 0 Å². The molecule has 1 atom stereocenters. The molecule has 0 aliphatic carbocycles. The molecule has 3 N–H and O–H groups in total. The molecule has 0 aliphatic heterocycles. The van der Waals surface area contributed by atoms with E-state index in [9.17, 15) is 4.39 Å². The summed E-state index contributed by atoms with van der Waals surface area (Å²) in [4.78, 5) is 0. The third-order valence-electron chi connectivity index (χ3n) is 2.34. The molecule has 0 aliphatic rings. The van der Waals surface area contributed by atoms with Crippen molar-refractivity contribution in [1.82, 2.24) is 5.43 Å². The van der Waals surface area contributed by atoms with Crippen LogP contribution in [-0.2, 0) is 11.2 Å². The lowest BCUT2D eigenvalue weighted by molar-refractivity contribution is 0.0611. The lowest BCUT2D eigenvalue weighted by Crippen LogP contribution is -2.41. The van der Waals surface area contributed by atoms with Gasteiger partial charge in [-0.3, -0.25) is 11.3 Å². The van der Waals surface area contributed by atoms with Crippen molar-refractivity contribution in [3.63, 3.8) is 0 Å². The number of hydrogen-bond acceptors (Lipinski definition) is 3. The molecule has 0 saturated carbocycles. The van der Waals surface area contributed by atoms with E-state index >= 15 is 0 Å². The van der Waals surface area contributed by atoms with E-state index in [1.807, 2.05) is 13.8 Å². The average molecular weight is 305 g/mol. The third kappa shape index (κ3) is 5.12. The van der Waals surface area contributed by atoms with E-state index in [0.29, 0.717) is 18.6 Å². The zero-order chi connectivity index (χ0) is 12.8. The van der Waals surface area contributed by atoms with Crippen molar-refractivity contribution in [2.45, 2.75) is 32.4 Å². The van der Waals surface area contributed by atoms with Gasteiger partial charge < -0.3 is 4.74 Å². The predicted octanol–water partition coefficient (Wildman–Crippen LogP) is 2.39. The van der Waals surface area contributed by atoms with Crippen molar-refractivity contribution in [2.75, 3.05) is 6.61 Å². The first-order valence-corrected chi connectivity index (χ1v) is 6.34. The van der Waals surface area contributed by atoms with Crippen molar-refractivity contribution in [1.29, 1.82) is 0 Å². The summed E-state index contributed by atoms with van der Waals surface area (Å²) in [6.07, 6.45) is 0.632. The number of nitrogens with one attached hydrogen (secondary N) is 1. The van der Waals surface area contributed by atoms with Crippen LogP contribution >= 0.6 is 15.9 Å². The largest absolute Gasteiger partial charge is 0.377 e. The molecule has 0 saturated heterocycles. The van der Waals surface area contributed by atoms with Crippen molar-refractivity contribution in [2.24, 2.45) is 5.84 Å².